The van der Waals surface area contributed by atoms with Gasteiger partial charge in [0.1, 0.15) is 0 Å². The predicted molar refractivity (Wildman–Crippen MR) is 78.4 cm³/mol. The van der Waals surface area contributed by atoms with E-state index in [0.717, 1.165) is 11.1 Å². The normalized spacial score (nSPS) is 10.1. The van der Waals surface area contributed by atoms with Gasteiger partial charge in [-0.25, -0.2) is 4.79 Å². The van der Waals surface area contributed by atoms with Crippen molar-refractivity contribution in [3.8, 4) is 0 Å². The van der Waals surface area contributed by atoms with Crippen LogP contribution in [0.4, 0.5) is 0 Å². The van der Waals surface area contributed by atoms with Crippen molar-refractivity contribution in [1.29, 1.82) is 0 Å². The third kappa shape index (κ3) is 4.14. The molecule has 1 aromatic carbocycles. The van der Waals surface area contributed by atoms with E-state index in [1.807, 2.05) is 6.92 Å². The second kappa shape index (κ2) is 6.65. The molecule has 2 rings (SSSR count). The number of aromatic nitrogens is 1. The number of aryl methyl sites for hydroxylation is 1. The minimum Gasteiger partial charge on any atom is -0.478 e. The molecule has 2 N–H and O–H groups in total. The quantitative estimate of drug-likeness (QED) is 0.880. The van der Waals surface area contributed by atoms with Crippen molar-refractivity contribution < 1.29 is 14.7 Å². The van der Waals surface area contributed by atoms with Gasteiger partial charge in [0.15, 0.2) is 0 Å². The van der Waals surface area contributed by atoms with E-state index in [9.17, 15) is 9.59 Å². The molecule has 5 heteroatoms. The highest BCUT2D eigenvalue weighted by molar-refractivity contribution is 5.94. The highest BCUT2D eigenvalue weighted by Crippen LogP contribution is 2.05. The van der Waals surface area contributed by atoms with Crippen LogP contribution < -0.4 is 5.32 Å². The molecule has 21 heavy (non-hydrogen) atoms. The predicted octanol–water partition coefficient (Wildman–Crippen LogP) is 2.06. The first-order valence-electron chi connectivity index (χ1n) is 6.58. The zero-order valence-electron chi connectivity index (χ0n) is 11.7. The van der Waals surface area contributed by atoms with Crippen molar-refractivity contribution in [2.24, 2.45) is 0 Å². The number of carboxylic acids is 1. The minimum absolute atomic E-state index is 0.159. The summed E-state index contributed by atoms with van der Waals surface area (Å²) in [6.07, 6.45) is 3.87. The maximum absolute atomic E-state index is 11.9. The summed E-state index contributed by atoms with van der Waals surface area (Å²) in [4.78, 5) is 26.6. The molecule has 0 radical (unpaired) electrons. The van der Waals surface area contributed by atoms with E-state index in [-0.39, 0.29) is 11.5 Å². The lowest BCUT2D eigenvalue weighted by atomic mass is 10.1. The van der Waals surface area contributed by atoms with Crippen LogP contribution in [0.2, 0.25) is 0 Å². The summed E-state index contributed by atoms with van der Waals surface area (Å²) in [6.45, 7) is 2.37. The number of hydrogen-bond acceptors (Lipinski definition) is 3. The Balaban J connectivity index is 1.86. The Morgan fingerprint density at radius 3 is 2.48 bits per heavy atom. The number of nitrogens with zero attached hydrogens (tertiary/aromatic N) is 1. The van der Waals surface area contributed by atoms with Crippen LogP contribution >= 0.6 is 0 Å². The first-order valence-corrected chi connectivity index (χ1v) is 6.58. The maximum atomic E-state index is 11.9. The average molecular weight is 284 g/mol. The molecule has 0 aliphatic rings. The Morgan fingerprint density at radius 1 is 1.14 bits per heavy atom. The van der Waals surface area contributed by atoms with Crippen molar-refractivity contribution in [3.63, 3.8) is 0 Å². The maximum Gasteiger partial charge on any atom is 0.335 e. The molecule has 0 spiro atoms. The summed E-state index contributed by atoms with van der Waals surface area (Å²) >= 11 is 0. The molecule has 108 valence electrons. The number of hydrogen-bond donors (Lipinski definition) is 2. The second-order valence-corrected chi connectivity index (χ2v) is 4.76. The Hall–Kier alpha value is -2.69. The van der Waals surface area contributed by atoms with Crippen LogP contribution in [0.5, 0.6) is 0 Å². The zero-order chi connectivity index (χ0) is 15.2. The Kier molecular flexibility index (Phi) is 4.66. The van der Waals surface area contributed by atoms with E-state index in [4.69, 9.17) is 5.11 Å². The number of rotatable bonds is 5. The molecule has 0 atom stereocenters. The van der Waals surface area contributed by atoms with Crippen LogP contribution in [0, 0.1) is 6.92 Å². The lowest BCUT2D eigenvalue weighted by molar-refractivity contribution is 0.0696. The van der Waals surface area contributed by atoms with E-state index in [2.05, 4.69) is 10.3 Å². The molecule has 0 saturated carbocycles. The largest absolute Gasteiger partial charge is 0.478 e. The van der Waals surface area contributed by atoms with Gasteiger partial charge < -0.3 is 10.4 Å². The van der Waals surface area contributed by atoms with Gasteiger partial charge >= 0.3 is 5.97 Å². The number of amides is 1. The topological polar surface area (TPSA) is 79.3 Å². The van der Waals surface area contributed by atoms with E-state index >= 15 is 0 Å². The van der Waals surface area contributed by atoms with Crippen molar-refractivity contribution in [1.82, 2.24) is 10.3 Å². The summed E-state index contributed by atoms with van der Waals surface area (Å²) in [5.41, 5.74) is 2.71. The molecule has 0 fully saturated rings. The molecule has 1 heterocycles. The van der Waals surface area contributed by atoms with E-state index < -0.39 is 5.97 Å². The van der Waals surface area contributed by atoms with Gasteiger partial charge in [-0.2, -0.15) is 0 Å². The number of carbonyl (C=O) groups excluding carboxylic acids is 1. The Labute approximate surface area is 122 Å². The fourth-order valence-electron chi connectivity index (χ4n) is 1.92. The number of aromatic carboxylic acids is 1. The van der Waals surface area contributed by atoms with Gasteiger partial charge in [-0.05, 0) is 42.7 Å². The van der Waals surface area contributed by atoms with Gasteiger partial charge in [0.2, 0.25) is 0 Å². The fourth-order valence-corrected chi connectivity index (χ4v) is 1.92. The van der Waals surface area contributed by atoms with E-state index in [1.54, 1.807) is 36.5 Å². The van der Waals surface area contributed by atoms with E-state index in [1.165, 1.54) is 6.20 Å². The molecule has 0 aliphatic carbocycles. The van der Waals surface area contributed by atoms with Gasteiger partial charge in [0.05, 0.1) is 11.1 Å². The van der Waals surface area contributed by atoms with Crippen LogP contribution in [0.15, 0.2) is 42.7 Å². The summed E-state index contributed by atoms with van der Waals surface area (Å²) < 4.78 is 0. The SMILES string of the molecule is Cc1cncc(C(=O)NCCc2ccc(C(=O)O)cc2)c1. The monoisotopic (exact) mass is 284 g/mol. The molecule has 0 unspecified atom stereocenters. The van der Waals surface area contributed by atoms with Crippen LogP contribution in [0.3, 0.4) is 0 Å². The number of carbonyl (C=O) groups is 2. The van der Waals surface area contributed by atoms with Gasteiger partial charge in [0.25, 0.3) is 5.91 Å². The smallest absolute Gasteiger partial charge is 0.335 e. The molecule has 1 aromatic heterocycles. The Morgan fingerprint density at radius 2 is 1.86 bits per heavy atom. The molecule has 2 aromatic rings. The van der Waals surface area contributed by atoms with Crippen molar-refractivity contribution in [2.45, 2.75) is 13.3 Å². The zero-order valence-corrected chi connectivity index (χ0v) is 11.7. The van der Waals surface area contributed by atoms with Crippen molar-refractivity contribution in [2.75, 3.05) is 6.54 Å². The van der Waals surface area contributed by atoms with Crippen molar-refractivity contribution >= 4 is 11.9 Å². The summed E-state index contributed by atoms with van der Waals surface area (Å²) in [6, 6.07) is 8.41. The molecule has 1 amide bonds. The van der Waals surface area contributed by atoms with Gasteiger partial charge in [0, 0.05) is 18.9 Å². The fraction of sp³-hybridized carbons (Fsp3) is 0.188. The van der Waals surface area contributed by atoms with Gasteiger partial charge in [-0.3, -0.25) is 9.78 Å². The third-order valence-electron chi connectivity index (χ3n) is 3.04. The van der Waals surface area contributed by atoms with Crippen LogP contribution in [0.1, 0.15) is 31.8 Å². The standard InChI is InChI=1S/C16H16N2O3/c1-11-8-14(10-17-9-11)15(19)18-7-6-12-2-4-13(5-3-12)16(20)21/h2-5,8-10H,6-7H2,1H3,(H,18,19)(H,20,21). The van der Waals surface area contributed by atoms with Gasteiger partial charge in [-0.15, -0.1) is 0 Å². The molecule has 0 bridgehead atoms. The minimum atomic E-state index is -0.943. The molecule has 0 saturated heterocycles. The first kappa shape index (κ1) is 14.7. The molecule has 0 aliphatic heterocycles. The molecule has 5 nitrogen and oxygen atoms in total. The van der Waals surface area contributed by atoms with Crippen molar-refractivity contribution in [3.05, 3.63) is 65.0 Å². The Bertz CT molecular complexity index is 651. The summed E-state index contributed by atoms with van der Waals surface area (Å²) in [5.74, 6) is -1.10. The van der Waals surface area contributed by atoms with Crippen LogP contribution in [-0.4, -0.2) is 28.5 Å². The van der Waals surface area contributed by atoms with Crippen LogP contribution in [-0.2, 0) is 6.42 Å². The molecular weight excluding hydrogens is 268 g/mol. The number of benzene rings is 1. The van der Waals surface area contributed by atoms with Gasteiger partial charge in [-0.1, -0.05) is 12.1 Å². The lowest BCUT2D eigenvalue weighted by Gasteiger charge is -2.06. The second-order valence-electron chi connectivity index (χ2n) is 4.76. The summed E-state index contributed by atoms with van der Waals surface area (Å²) in [5, 5.41) is 11.6. The van der Waals surface area contributed by atoms with Crippen LogP contribution in [0.25, 0.3) is 0 Å². The first-order chi connectivity index (χ1) is 10.1. The number of carboxylic acid groups (broad SMARTS) is 1. The molecular formula is C16H16N2O3. The highest BCUT2D eigenvalue weighted by atomic mass is 16.4. The highest BCUT2D eigenvalue weighted by Gasteiger charge is 2.06. The lowest BCUT2D eigenvalue weighted by Crippen LogP contribution is -2.25. The number of nitrogens with one attached hydrogen (secondary N) is 1. The number of pyridine rings is 1. The third-order valence-corrected chi connectivity index (χ3v) is 3.04. The summed E-state index contributed by atoms with van der Waals surface area (Å²) in [7, 11) is 0. The average Bonchev–Trinajstić information content (AvgIpc) is 2.47. The van der Waals surface area contributed by atoms with E-state index in [0.29, 0.717) is 18.5 Å².